The molecule has 0 bridgehead atoms. The third-order valence-corrected chi connectivity index (χ3v) is 2.24. The molecule has 0 spiro atoms. The van der Waals surface area contributed by atoms with Gasteiger partial charge in [-0.3, -0.25) is 9.59 Å². The Labute approximate surface area is 94.0 Å². The van der Waals surface area contributed by atoms with Crippen LogP contribution in [0.2, 0.25) is 0 Å². The molecule has 0 aromatic heterocycles. The molecule has 1 heterocycles. The van der Waals surface area contributed by atoms with Gasteiger partial charge in [0.1, 0.15) is 0 Å². The Bertz CT molecular complexity index is 293. The fraction of sp³-hybridized carbons (Fsp3) is 0.400. The van der Waals surface area contributed by atoms with E-state index in [-0.39, 0.29) is 6.04 Å². The average molecular weight is 224 g/mol. The monoisotopic (exact) mass is 224 g/mol. The summed E-state index contributed by atoms with van der Waals surface area (Å²) in [5.41, 5.74) is 10.0. The lowest BCUT2D eigenvalue weighted by molar-refractivity contribution is -0.114. The molecule has 1 atom stereocenters. The molecule has 1 unspecified atom stereocenters. The second kappa shape index (κ2) is 5.92. The first-order valence-electron chi connectivity index (χ1n) is 5.01. The van der Waals surface area contributed by atoms with Crippen LogP contribution in [0.5, 0.6) is 0 Å². The number of rotatable bonds is 4. The van der Waals surface area contributed by atoms with Crippen LogP contribution in [0.25, 0.3) is 0 Å². The van der Waals surface area contributed by atoms with Gasteiger partial charge in [-0.15, -0.1) is 0 Å². The summed E-state index contributed by atoms with van der Waals surface area (Å²) < 4.78 is 0. The number of hydrogen-bond acceptors (Lipinski definition) is 4. The number of carbonyl (C=O) groups is 2. The largest absolute Gasteiger partial charge is 0.368 e. The van der Waals surface area contributed by atoms with Gasteiger partial charge >= 0.3 is 0 Å². The molecule has 16 heavy (non-hydrogen) atoms. The van der Waals surface area contributed by atoms with E-state index >= 15 is 0 Å². The molecule has 1 aliphatic rings. The van der Waals surface area contributed by atoms with Crippen LogP contribution < -0.4 is 16.8 Å². The summed E-state index contributed by atoms with van der Waals surface area (Å²) in [6, 6.07) is 0.0110. The van der Waals surface area contributed by atoms with E-state index in [0.717, 1.165) is 13.1 Å². The highest BCUT2D eigenvalue weighted by Crippen LogP contribution is 2.05. The molecule has 0 aliphatic carbocycles. The van der Waals surface area contributed by atoms with E-state index < -0.39 is 11.8 Å². The standard InChI is InChI=1S/C10H16N4O2/c11-9(15)2-1-8-7-13-4-6-14(8)5-3-10(12)16/h1-3,5,8,13H,4,6-7H2,(H2,11,15)(H2,12,16). The molecule has 1 saturated heterocycles. The minimum atomic E-state index is -0.490. The van der Waals surface area contributed by atoms with Crippen LogP contribution in [0, 0.1) is 0 Å². The number of piperazine rings is 1. The van der Waals surface area contributed by atoms with Crippen molar-refractivity contribution >= 4 is 11.8 Å². The molecule has 0 radical (unpaired) electrons. The molecular formula is C10H16N4O2. The maximum absolute atomic E-state index is 10.6. The lowest BCUT2D eigenvalue weighted by Gasteiger charge is -2.33. The quantitative estimate of drug-likeness (QED) is 0.495. The Morgan fingerprint density at radius 3 is 2.56 bits per heavy atom. The molecule has 6 heteroatoms. The molecule has 5 N–H and O–H groups in total. The zero-order valence-electron chi connectivity index (χ0n) is 8.93. The zero-order valence-corrected chi connectivity index (χ0v) is 8.93. The summed E-state index contributed by atoms with van der Waals surface area (Å²) in [5, 5.41) is 3.18. The van der Waals surface area contributed by atoms with E-state index in [2.05, 4.69) is 5.32 Å². The summed E-state index contributed by atoms with van der Waals surface area (Å²) >= 11 is 0. The fourth-order valence-electron chi connectivity index (χ4n) is 1.48. The van der Waals surface area contributed by atoms with Crippen LogP contribution in [-0.2, 0) is 9.59 Å². The number of carbonyl (C=O) groups excluding carboxylic acids is 2. The molecule has 2 amide bonds. The van der Waals surface area contributed by atoms with Crippen molar-refractivity contribution in [2.75, 3.05) is 19.6 Å². The average Bonchev–Trinajstić information content (AvgIpc) is 2.24. The number of hydrogen-bond donors (Lipinski definition) is 3. The van der Waals surface area contributed by atoms with Crippen molar-refractivity contribution in [1.82, 2.24) is 10.2 Å². The maximum atomic E-state index is 10.6. The van der Waals surface area contributed by atoms with Crippen molar-refractivity contribution in [3.8, 4) is 0 Å². The lowest BCUT2D eigenvalue weighted by atomic mass is 10.2. The minimum Gasteiger partial charge on any atom is -0.368 e. The van der Waals surface area contributed by atoms with Crippen LogP contribution in [0.15, 0.2) is 24.4 Å². The van der Waals surface area contributed by atoms with E-state index in [4.69, 9.17) is 11.5 Å². The van der Waals surface area contributed by atoms with Crippen LogP contribution >= 0.6 is 0 Å². The highest BCUT2D eigenvalue weighted by atomic mass is 16.1. The van der Waals surface area contributed by atoms with Crippen molar-refractivity contribution in [1.29, 1.82) is 0 Å². The molecule has 1 fully saturated rings. The second-order valence-corrected chi connectivity index (χ2v) is 3.49. The Morgan fingerprint density at radius 2 is 1.94 bits per heavy atom. The fourth-order valence-corrected chi connectivity index (χ4v) is 1.48. The van der Waals surface area contributed by atoms with Gasteiger partial charge in [0, 0.05) is 38.0 Å². The van der Waals surface area contributed by atoms with Gasteiger partial charge in [0.05, 0.1) is 6.04 Å². The van der Waals surface area contributed by atoms with E-state index in [1.54, 1.807) is 12.3 Å². The Morgan fingerprint density at radius 1 is 1.25 bits per heavy atom. The van der Waals surface area contributed by atoms with Gasteiger partial charge in [-0.1, -0.05) is 6.08 Å². The summed E-state index contributed by atoms with van der Waals surface area (Å²) in [7, 11) is 0. The Kier molecular flexibility index (Phi) is 4.53. The smallest absolute Gasteiger partial charge is 0.242 e. The second-order valence-electron chi connectivity index (χ2n) is 3.49. The van der Waals surface area contributed by atoms with Gasteiger partial charge in [-0.05, 0) is 0 Å². The predicted molar refractivity (Wildman–Crippen MR) is 60.0 cm³/mol. The summed E-state index contributed by atoms with van der Waals surface area (Å²) in [6.45, 7) is 2.27. The van der Waals surface area contributed by atoms with Crippen molar-refractivity contribution in [3.05, 3.63) is 24.4 Å². The van der Waals surface area contributed by atoms with Gasteiger partial charge in [-0.25, -0.2) is 0 Å². The number of primary amides is 2. The number of amides is 2. The van der Waals surface area contributed by atoms with E-state index in [1.807, 2.05) is 4.90 Å². The lowest BCUT2D eigenvalue weighted by Crippen LogP contribution is -2.47. The van der Waals surface area contributed by atoms with Crippen LogP contribution in [0.3, 0.4) is 0 Å². The zero-order chi connectivity index (χ0) is 12.0. The normalized spacial score (nSPS) is 21.8. The van der Waals surface area contributed by atoms with Gasteiger partial charge in [0.15, 0.2) is 0 Å². The van der Waals surface area contributed by atoms with E-state index in [0.29, 0.717) is 6.54 Å². The van der Waals surface area contributed by atoms with Gasteiger partial charge in [-0.2, -0.15) is 0 Å². The van der Waals surface area contributed by atoms with Crippen molar-refractivity contribution in [3.63, 3.8) is 0 Å². The van der Waals surface area contributed by atoms with Gasteiger partial charge in [0.25, 0.3) is 0 Å². The Hall–Kier alpha value is -1.82. The molecule has 0 saturated carbocycles. The molecule has 0 aromatic carbocycles. The molecule has 0 aromatic rings. The first kappa shape index (κ1) is 12.3. The molecule has 1 aliphatic heterocycles. The van der Waals surface area contributed by atoms with Crippen LogP contribution in [-0.4, -0.2) is 42.4 Å². The molecule has 88 valence electrons. The van der Waals surface area contributed by atoms with E-state index in [1.165, 1.54) is 12.2 Å². The van der Waals surface area contributed by atoms with Gasteiger partial charge in [0.2, 0.25) is 11.8 Å². The molecule has 6 nitrogen and oxygen atoms in total. The summed E-state index contributed by atoms with van der Waals surface area (Å²) in [5.74, 6) is -0.972. The number of nitrogens with two attached hydrogens (primary N) is 2. The van der Waals surface area contributed by atoms with Crippen molar-refractivity contribution < 1.29 is 9.59 Å². The number of nitrogens with one attached hydrogen (secondary N) is 1. The van der Waals surface area contributed by atoms with E-state index in [9.17, 15) is 9.59 Å². The third kappa shape index (κ3) is 4.14. The van der Waals surface area contributed by atoms with Crippen LogP contribution in [0.4, 0.5) is 0 Å². The molecular weight excluding hydrogens is 208 g/mol. The minimum absolute atomic E-state index is 0.0110. The summed E-state index contributed by atoms with van der Waals surface area (Å²) in [6.07, 6.45) is 5.97. The highest BCUT2D eigenvalue weighted by molar-refractivity contribution is 5.86. The van der Waals surface area contributed by atoms with Crippen LogP contribution in [0.1, 0.15) is 0 Å². The Balaban J connectivity index is 2.63. The topological polar surface area (TPSA) is 101 Å². The predicted octanol–water partition coefficient (Wildman–Crippen LogP) is -1.70. The van der Waals surface area contributed by atoms with Crippen molar-refractivity contribution in [2.45, 2.75) is 6.04 Å². The highest BCUT2D eigenvalue weighted by Gasteiger charge is 2.16. The summed E-state index contributed by atoms with van der Waals surface area (Å²) in [4.78, 5) is 23.2. The first-order valence-corrected chi connectivity index (χ1v) is 5.01. The SMILES string of the molecule is NC(=O)C=CC1CNCCN1C=CC(N)=O. The number of nitrogens with zero attached hydrogens (tertiary/aromatic N) is 1. The third-order valence-electron chi connectivity index (χ3n) is 2.24. The first-order chi connectivity index (χ1) is 7.59. The van der Waals surface area contributed by atoms with Crippen molar-refractivity contribution in [2.24, 2.45) is 11.5 Å². The molecule has 1 rings (SSSR count). The maximum Gasteiger partial charge on any atom is 0.242 e. The van der Waals surface area contributed by atoms with Gasteiger partial charge < -0.3 is 21.7 Å².